The molecule has 2 heterocycles. The number of nitrogens with zero attached hydrogens (tertiary/aromatic N) is 1. The third kappa shape index (κ3) is 1.78. The van der Waals surface area contributed by atoms with Gasteiger partial charge in [-0.05, 0) is 31.5 Å². The van der Waals surface area contributed by atoms with Gasteiger partial charge in [0.25, 0.3) is 5.91 Å². The Hall–Kier alpha value is -3.15. The minimum atomic E-state index is -1.72. The summed E-state index contributed by atoms with van der Waals surface area (Å²) < 4.78 is 5.29. The zero-order valence-corrected chi connectivity index (χ0v) is 14.4. The van der Waals surface area contributed by atoms with Crippen molar-refractivity contribution >= 4 is 23.5 Å². The number of anilines is 1. The molecule has 2 aromatic rings. The van der Waals surface area contributed by atoms with E-state index < -0.39 is 23.4 Å². The fraction of sp³-hybridized carbons (Fsp3) is 0.250. The standard InChI is InChI=1S/C20H17NO5/c1-3-26-19(25)20-14-10-11(2)8-9-12(14)17(22)21(20)15-7-5-4-6-13(15)16(20)18(23)24/h4-10,16H,3H2,1-2H3,(H,23,24). The molecule has 2 atom stereocenters. The number of para-hydroxylation sites is 1. The first-order valence-electron chi connectivity index (χ1n) is 8.39. The van der Waals surface area contributed by atoms with Gasteiger partial charge in [0.2, 0.25) is 0 Å². The van der Waals surface area contributed by atoms with Crippen LogP contribution in [-0.2, 0) is 19.9 Å². The van der Waals surface area contributed by atoms with Gasteiger partial charge in [0.05, 0.1) is 6.61 Å². The number of amides is 1. The van der Waals surface area contributed by atoms with Crippen LogP contribution in [-0.4, -0.2) is 29.6 Å². The second-order valence-electron chi connectivity index (χ2n) is 6.51. The van der Waals surface area contributed by atoms with Gasteiger partial charge in [0.1, 0.15) is 5.92 Å². The van der Waals surface area contributed by atoms with Crippen LogP contribution in [0.2, 0.25) is 0 Å². The number of carboxylic acid groups (broad SMARTS) is 1. The van der Waals surface area contributed by atoms with Gasteiger partial charge in [-0.25, -0.2) is 4.79 Å². The van der Waals surface area contributed by atoms with Crippen molar-refractivity contribution in [1.29, 1.82) is 0 Å². The highest BCUT2D eigenvalue weighted by Gasteiger charge is 2.68. The molecule has 0 fully saturated rings. The quantitative estimate of drug-likeness (QED) is 0.860. The molecule has 0 radical (unpaired) electrons. The number of hydrogen-bond acceptors (Lipinski definition) is 4. The van der Waals surface area contributed by atoms with E-state index in [9.17, 15) is 19.5 Å². The first kappa shape index (κ1) is 16.3. The number of fused-ring (bicyclic) bond motifs is 5. The molecule has 0 spiro atoms. The van der Waals surface area contributed by atoms with Crippen LogP contribution >= 0.6 is 0 Å². The largest absolute Gasteiger partial charge is 0.481 e. The van der Waals surface area contributed by atoms with Gasteiger partial charge in [0, 0.05) is 16.8 Å². The molecule has 6 nitrogen and oxygen atoms in total. The van der Waals surface area contributed by atoms with Crippen LogP contribution in [0.1, 0.15) is 39.9 Å². The van der Waals surface area contributed by atoms with Crippen molar-refractivity contribution < 1.29 is 24.2 Å². The normalized spacial score (nSPS) is 22.6. The lowest BCUT2D eigenvalue weighted by molar-refractivity contribution is -0.155. The van der Waals surface area contributed by atoms with Crippen LogP contribution in [0, 0.1) is 6.92 Å². The summed E-state index contributed by atoms with van der Waals surface area (Å²) >= 11 is 0. The van der Waals surface area contributed by atoms with E-state index in [0.717, 1.165) is 5.56 Å². The topological polar surface area (TPSA) is 83.9 Å². The zero-order chi connectivity index (χ0) is 18.6. The Balaban J connectivity index is 2.11. The number of ether oxygens (including phenoxy) is 1. The fourth-order valence-electron chi connectivity index (χ4n) is 4.18. The van der Waals surface area contributed by atoms with Crippen LogP contribution in [0.15, 0.2) is 42.5 Å². The number of aryl methyl sites for hydroxylation is 1. The highest BCUT2D eigenvalue weighted by Crippen LogP contribution is 2.58. The zero-order valence-electron chi connectivity index (χ0n) is 14.4. The SMILES string of the molecule is CCOC(=O)C12c3cc(C)ccc3C(=O)N1c1ccccc1C2C(=O)O. The molecule has 1 amide bonds. The van der Waals surface area contributed by atoms with E-state index in [1.807, 2.05) is 6.92 Å². The summed E-state index contributed by atoms with van der Waals surface area (Å²) in [6.45, 7) is 3.58. The van der Waals surface area contributed by atoms with Crippen molar-refractivity contribution in [3.63, 3.8) is 0 Å². The van der Waals surface area contributed by atoms with Gasteiger partial charge in [-0.15, -0.1) is 0 Å². The van der Waals surface area contributed by atoms with Crippen molar-refractivity contribution in [1.82, 2.24) is 0 Å². The summed E-state index contributed by atoms with van der Waals surface area (Å²) in [5.41, 5.74) is 0.723. The second-order valence-corrected chi connectivity index (χ2v) is 6.51. The molecule has 4 rings (SSSR count). The van der Waals surface area contributed by atoms with Crippen molar-refractivity contribution in [2.75, 3.05) is 11.5 Å². The number of rotatable bonds is 3. The Bertz CT molecular complexity index is 962. The van der Waals surface area contributed by atoms with Crippen LogP contribution in [0.5, 0.6) is 0 Å². The van der Waals surface area contributed by atoms with Crippen LogP contribution < -0.4 is 4.90 Å². The summed E-state index contributed by atoms with van der Waals surface area (Å²) in [6, 6.07) is 11.9. The Morgan fingerprint density at radius 2 is 1.96 bits per heavy atom. The summed E-state index contributed by atoms with van der Waals surface area (Å²) in [5, 5.41) is 10.0. The number of benzene rings is 2. The predicted molar refractivity (Wildman–Crippen MR) is 93.1 cm³/mol. The van der Waals surface area contributed by atoms with Crippen LogP contribution in [0.4, 0.5) is 5.69 Å². The first-order valence-corrected chi connectivity index (χ1v) is 8.39. The summed E-state index contributed by atoms with van der Waals surface area (Å²) in [6.07, 6.45) is 0. The third-order valence-corrected chi connectivity index (χ3v) is 5.11. The van der Waals surface area contributed by atoms with E-state index in [2.05, 4.69) is 0 Å². The lowest BCUT2D eigenvalue weighted by Gasteiger charge is -2.33. The van der Waals surface area contributed by atoms with Gasteiger partial charge >= 0.3 is 11.9 Å². The smallest absolute Gasteiger partial charge is 0.338 e. The van der Waals surface area contributed by atoms with Gasteiger partial charge in [0.15, 0.2) is 5.54 Å². The molecule has 2 aliphatic rings. The highest BCUT2D eigenvalue weighted by atomic mass is 16.5. The van der Waals surface area contributed by atoms with Crippen molar-refractivity contribution in [2.24, 2.45) is 0 Å². The molecule has 132 valence electrons. The van der Waals surface area contributed by atoms with Gasteiger partial charge in [-0.1, -0.05) is 35.9 Å². The monoisotopic (exact) mass is 351 g/mol. The molecular formula is C20H17NO5. The van der Waals surface area contributed by atoms with Gasteiger partial charge < -0.3 is 9.84 Å². The van der Waals surface area contributed by atoms with E-state index in [4.69, 9.17) is 4.74 Å². The molecule has 2 unspecified atom stereocenters. The molecule has 2 aromatic carbocycles. The maximum Gasteiger partial charge on any atom is 0.338 e. The molecule has 2 aliphatic heterocycles. The van der Waals surface area contributed by atoms with E-state index in [-0.39, 0.29) is 12.5 Å². The maximum atomic E-state index is 13.2. The molecular weight excluding hydrogens is 334 g/mol. The number of aliphatic carboxylic acids is 1. The Morgan fingerprint density at radius 1 is 1.23 bits per heavy atom. The van der Waals surface area contributed by atoms with Crippen molar-refractivity contribution in [3.05, 3.63) is 64.7 Å². The molecule has 6 heteroatoms. The first-order chi connectivity index (χ1) is 12.4. The third-order valence-electron chi connectivity index (χ3n) is 5.11. The number of carbonyl (C=O) groups excluding carboxylic acids is 2. The average Bonchev–Trinajstić information content (AvgIpc) is 3.05. The van der Waals surface area contributed by atoms with Crippen molar-refractivity contribution in [3.8, 4) is 0 Å². The average molecular weight is 351 g/mol. The van der Waals surface area contributed by atoms with Gasteiger partial charge in [-0.3, -0.25) is 14.5 Å². The number of esters is 1. The Labute approximate surface area is 150 Å². The molecule has 0 bridgehead atoms. The molecule has 0 aromatic heterocycles. The van der Waals surface area contributed by atoms with Crippen LogP contribution in [0.3, 0.4) is 0 Å². The summed E-state index contributed by atoms with van der Waals surface area (Å²) in [7, 11) is 0. The predicted octanol–water partition coefficient (Wildman–Crippen LogP) is 2.60. The fourth-order valence-corrected chi connectivity index (χ4v) is 4.18. The van der Waals surface area contributed by atoms with E-state index in [1.165, 1.54) is 4.90 Å². The summed E-state index contributed by atoms with van der Waals surface area (Å²) in [5.74, 6) is -3.51. The molecule has 1 N–H and O–H groups in total. The van der Waals surface area contributed by atoms with E-state index >= 15 is 0 Å². The minimum Gasteiger partial charge on any atom is -0.481 e. The van der Waals surface area contributed by atoms with Crippen LogP contribution in [0.25, 0.3) is 0 Å². The number of carboxylic acids is 1. The number of carbonyl (C=O) groups is 3. The molecule has 0 saturated carbocycles. The second kappa shape index (κ2) is 5.42. The molecule has 26 heavy (non-hydrogen) atoms. The Kier molecular flexibility index (Phi) is 3.41. The lowest BCUT2D eigenvalue weighted by atomic mass is 9.77. The number of hydrogen-bond donors (Lipinski definition) is 1. The van der Waals surface area contributed by atoms with Crippen molar-refractivity contribution in [2.45, 2.75) is 25.3 Å². The van der Waals surface area contributed by atoms with E-state index in [0.29, 0.717) is 22.4 Å². The minimum absolute atomic E-state index is 0.0897. The Morgan fingerprint density at radius 3 is 2.65 bits per heavy atom. The summed E-state index contributed by atoms with van der Waals surface area (Å²) in [4.78, 5) is 39.9. The molecule has 0 aliphatic carbocycles. The highest BCUT2D eigenvalue weighted by molar-refractivity contribution is 6.21. The molecule has 0 saturated heterocycles. The van der Waals surface area contributed by atoms with Gasteiger partial charge in [-0.2, -0.15) is 0 Å². The lowest BCUT2D eigenvalue weighted by Crippen LogP contribution is -2.52. The maximum absolute atomic E-state index is 13.2. The van der Waals surface area contributed by atoms with E-state index in [1.54, 1.807) is 49.4 Å².